The number of sulfone groups is 1. The minimum atomic E-state index is -2.90. The first-order valence-electron chi connectivity index (χ1n) is 6.48. The predicted octanol–water partition coefficient (Wildman–Crippen LogP) is -1.42. The zero-order valence-electron chi connectivity index (χ0n) is 10.7. The Balaban J connectivity index is 2.06. The molecule has 0 aromatic carbocycles. The molecule has 0 aromatic heterocycles. The van der Waals surface area contributed by atoms with Crippen molar-refractivity contribution in [3.63, 3.8) is 0 Å². The van der Waals surface area contributed by atoms with Crippen molar-refractivity contribution in [2.45, 2.75) is 25.4 Å². The maximum absolute atomic E-state index is 12.0. The predicted molar refractivity (Wildman–Crippen MR) is 69.1 cm³/mol. The van der Waals surface area contributed by atoms with E-state index >= 15 is 0 Å². The van der Waals surface area contributed by atoms with Crippen molar-refractivity contribution < 1.29 is 13.2 Å². The third-order valence-corrected chi connectivity index (χ3v) is 5.37. The number of carbonyl (C=O) groups is 1. The summed E-state index contributed by atoms with van der Waals surface area (Å²) in [5.41, 5.74) is 0. The molecule has 2 atom stereocenters. The van der Waals surface area contributed by atoms with Gasteiger partial charge in [0, 0.05) is 32.2 Å². The van der Waals surface area contributed by atoms with Crippen LogP contribution in [-0.4, -0.2) is 69.0 Å². The summed E-state index contributed by atoms with van der Waals surface area (Å²) < 4.78 is 23.1. The molecule has 0 aromatic rings. The first-order valence-corrected chi connectivity index (χ1v) is 8.30. The van der Waals surface area contributed by atoms with E-state index < -0.39 is 9.84 Å². The number of hydrogen-bond acceptors (Lipinski definition) is 5. The molecule has 2 saturated heterocycles. The summed E-state index contributed by atoms with van der Waals surface area (Å²) >= 11 is 0. The van der Waals surface area contributed by atoms with Crippen LogP contribution in [0.2, 0.25) is 0 Å². The second-order valence-electron chi connectivity index (χ2n) is 4.91. The molecule has 7 heteroatoms. The lowest BCUT2D eigenvalue weighted by atomic mass is 10.1. The Morgan fingerprint density at radius 1 is 1.50 bits per heavy atom. The standard InChI is InChI=1S/C11H21N3O3S/c1-2-13-11(15)10-7-12-4-5-14(10)9-3-6-18(16,17)8-9/h9-10,12H,2-8H2,1H3,(H,13,15). The van der Waals surface area contributed by atoms with Crippen LogP contribution in [-0.2, 0) is 14.6 Å². The molecule has 0 spiro atoms. The van der Waals surface area contributed by atoms with E-state index in [0.29, 0.717) is 19.5 Å². The van der Waals surface area contributed by atoms with Gasteiger partial charge in [0.1, 0.15) is 6.04 Å². The van der Waals surface area contributed by atoms with E-state index in [9.17, 15) is 13.2 Å². The number of rotatable bonds is 3. The highest BCUT2D eigenvalue weighted by Gasteiger charge is 2.38. The molecule has 2 heterocycles. The van der Waals surface area contributed by atoms with Gasteiger partial charge in [-0.1, -0.05) is 0 Å². The number of carbonyl (C=O) groups excluding carboxylic acids is 1. The van der Waals surface area contributed by atoms with Gasteiger partial charge in [0.05, 0.1) is 11.5 Å². The van der Waals surface area contributed by atoms with Gasteiger partial charge in [-0.25, -0.2) is 8.42 Å². The Kier molecular flexibility index (Phi) is 4.24. The second-order valence-corrected chi connectivity index (χ2v) is 7.14. The summed E-state index contributed by atoms with van der Waals surface area (Å²) in [6.07, 6.45) is 0.651. The SMILES string of the molecule is CCNC(=O)C1CNCCN1C1CCS(=O)(=O)C1. The van der Waals surface area contributed by atoms with E-state index in [1.807, 2.05) is 6.92 Å². The summed E-state index contributed by atoms with van der Waals surface area (Å²) in [6.45, 7) is 4.64. The fourth-order valence-corrected chi connectivity index (χ4v) is 4.47. The minimum absolute atomic E-state index is 0.00436. The number of nitrogens with one attached hydrogen (secondary N) is 2. The van der Waals surface area contributed by atoms with Crippen molar-refractivity contribution >= 4 is 15.7 Å². The molecule has 18 heavy (non-hydrogen) atoms. The molecule has 104 valence electrons. The molecule has 0 aliphatic carbocycles. The number of likely N-dealkylation sites (N-methyl/N-ethyl adjacent to an activating group) is 1. The molecule has 6 nitrogen and oxygen atoms in total. The van der Waals surface area contributed by atoms with Gasteiger partial charge in [0.25, 0.3) is 0 Å². The maximum atomic E-state index is 12.0. The van der Waals surface area contributed by atoms with E-state index in [4.69, 9.17) is 0 Å². The number of amides is 1. The van der Waals surface area contributed by atoms with Crippen LogP contribution in [0.3, 0.4) is 0 Å². The van der Waals surface area contributed by atoms with Crippen LogP contribution >= 0.6 is 0 Å². The number of hydrogen-bond donors (Lipinski definition) is 2. The number of piperazine rings is 1. The molecule has 1 amide bonds. The quantitative estimate of drug-likeness (QED) is 0.661. The fraction of sp³-hybridized carbons (Fsp3) is 0.909. The molecule has 2 N–H and O–H groups in total. The van der Waals surface area contributed by atoms with Gasteiger partial charge in [0.2, 0.25) is 5.91 Å². The Labute approximate surface area is 108 Å². The molecule has 0 bridgehead atoms. The van der Waals surface area contributed by atoms with Crippen LogP contribution in [0.5, 0.6) is 0 Å². The summed E-state index contributed by atoms with van der Waals surface area (Å²) in [7, 11) is -2.90. The lowest BCUT2D eigenvalue weighted by Crippen LogP contribution is -2.61. The summed E-state index contributed by atoms with van der Waals surface area (Å²) in [4.78, 5) is 14.0. The zero-order chi connectivity index (χ0) is 13.2. The van der Waals surface area contributed by atoms with Gasteiger partial charge in [-0.15, -0.1) is 0 Å². The Morgan fingerprint density at radius 2 is 2.28 bits per heavy atom. The van der Waals surface area contributed by atoms with E-state index in [2.05, 4.69) is 15.5 Å². The van der Waals surface area contributed by atoms with E-state index in [-0.39, 0.29) is 29.5 Å². The summed E-state index contributed by atoms with van der Waals surface area (Å²) in [6, 6.07) is -0.235. The van der Waals surface area contributed by atoms with Crippen molar-refractivity contribution in [1.29, 1.82) is 0 Å². The van der Waals surface area contributed by atoms with Crippen LogP contribution in [0.1, 0.15) is 13.3 Å². The van der Waals surface area contributed by atoms with E-state index in [0.717, 1.165) is 13.1 Å². The largest absolute Gasteiger partial charge is 0.355 e. The normalized spacial score (nSPS) is 32.3. The lowest BCUT2D eigenvalue weighted by Gasteiger charge is -2.38. The van der Waals surface area contributed by atoms with E-state index in [1.54, 1.807) is 0 Å². The molecular weight excluding hydrogens is 254 g/mol. The van der Waals surface area contributed by atoms with Gasteiger partial charge in [-0.05, 0) is 13.3 Å². The van der Waals surface area contributed by atoms with Gasteiger partial charge in [-0.3, -0.25) is 9.69 Å². The highest BCUT2D eigenvalue weighted by atomic mass is 32.2. The van der Waals surface area contributed by atoms with Crippen LogP contribution in [0.4, 0.5) is 0 Å². The molecule has 2 rings (SSSR count). The van der Waals surface area contributed by atoms with Crippen LogP contribution < -0.4 is 10.6 Å². The highest BCUT2D eigenvalue weighted by Crippen LogP contribution is 2.20. The van der Waals surface area contributed by atoms with Crippen molar-refractivity contribution in [1.82, 2.24) is 15.5 Å². The average molecular weight is 275 g/mol. The second kappa shape index (κ2) is 5.54. The summed E-state index contributed by atoms with van der Waals surface area (Å²) in [5, 5.41) is 6.02. The fourth-order valence-electron chi connectivity index (χ4n) is 2.73. The average Bonchev–Trinajstić information content (AvgIpc) is 2.70. The zero-order valence-corrected chi connectivity index (χ0v) is 11.5. The van der Waals surface area contributed by atoms with Crippen LogP contribution in [0, 0.1) is 0 Å². The smallest absolute Gasteiger partial charge is 0.238 e. The first-order chi connectivity index (χ1) is 8.53. The summed E-state index contributed by atoms with van der Waals surface area (Å²) in [5.74, 6) is 0.445. The first kappa shape index (κ1) is 13.8. The Morgan fingerprint density at radius 3 is 2.89 bits per heavy atom. The molecule has 0 saturated carbocycles. The molecule has 2 unspecified atom stereocenters. The topological polar surface area (TPSA) is 78.5 Å². The minimum Gasteiger partial charge on any atom is -0.355 e. The highest BCUT2D eigenvalue weighted by molar-refractivity contribution is 7.91. The van der Waals surface area contributed by atoms with Crippen LogP contribution in [0.25, 0.3) is 0 Å². The number of nitrogens with zero attached hydrogens (tertiary/aromatic N) is 1. The van der Waals surface area contributed by atoms with Gasteiger partial charge in [-0.2, -0.15) is 0 Å². The lowest BCUT2D eigenvalue weighted by molar-refractivity contribution is -0.127. The van der Waals surface area contributed by atoms with Crippen LogP contribution in [0.15, 0.2) is 0 Å². The van der Waals surface area contributed by atoms with Gasteiger partial charge >= 0.3 is 0 Å². The third-order valence-electron chi connectivity index (χ3n) is 3.62. The van der Waals surface area contributed by atoms with Crippen molar-refractivity contribution in [2.24, 2.45) is 0 Å². The molecule has 2 aliphatic heterocycles. The molecule has 2 fully saturated rings. The Hall–Kier alpha value is -0.660. The van der Waals surface area contributed by atoms with Crippen molar-refractivity contribution in [3.05, 3.63) is 0 Å². The molecular formula is C11H21N3O3S. The molecule has 0 radical (unpaired) electrons. The third kappa shape index (κ3) is 3.02. The van der Waals surface area contributed by atoms with Gasteiger partial charge < -0.3 is 10.6 Å². The Bertz CT molecular complexity index is 410. The maximum Gasteiger partial charge on any atom is 0.238 e. The van der Waals surface area contributed by atoms with Crippen molar-refractivity contribution in [3.8, 4) is 0 Å². The van der Waals surface area contributed by atoms with Gasteiger partial charge in [0.15, 0.2) is 9.84 Å². The van der Waals surface area contributed by atoms with Crippen molar-refractivity contribution in [2.75, 3.05) is 37.7 Å². The molecule has 2 aliphatic rings. The van der Waals surface area contributed by atoms with E-state index in [1.165, 1.54) is 0 Å². The monoisotopic (exact) mass is 275 g/mol.